The third kappa shape index (κ3) is 3.63. The van der Waals surface area contributed by atoms with Crippen molar-refractivity contribution in [2.75, 3.05) is 12.4 Å². The number of carbonyl (C=O) groups excluding carboxylic acids is 1. The Morgan fingerprint density at radius 2 is 2.16 bits per heavy atom. The molecule has 1 aliphatic heterocycles. The van der Waals surface area contributed by atoms with Crippen molar-refractivity contribution < 1.29 is 14.3 Å². The fraction of sp³-hybridized carbons (Fsp3) is 0.304. The number of pyridine rings is 1. The van der Waals surface area contributed by atoms with E-state index >= 15 is 0 Å². The van der Waals surface area contributed by atoms with Crippen LogP contribution in [0.25, 0.3) is 20.4 Å². The van der Waals surface area contributed by atoms with Crippen molar-refractivity contribution in [3.8, 4) is 5.75 Å². The standard InChI is InChI=1S/C23H22N4O4S/c1-23(2)9-16-13(11-31-23)8-14-19-20(32-21(14)26-16)22(29)27(12-24-19)10-18(28)25-15-6-4-5-7-17(15)30-3/h4-8,12H,9-11H2,1-3H3,(H,25,28). The molecule has 4 heterocycles. The van der Waals surface area contributed by atoms with Crippen molar-refractivity contribution in [1.29, 1.82) is 0 Å². The van der Waals surface area contributed by atoms with Gasteiger partial charge >= 0.3 is 0 Å². The monoisotopic (exact) mass is 450 g/mol. The van der Waals surface area contributed by atoms with E-state index in [-0.39, 0.29) is 23.6 Å². The second-order valence-electron chi connectivity index (χ2n) is 8.38. The first kappa shape index (κ1) is 20.6. The lowest BCUT2D eigenvalue weighted by atomic mass is 9.95. The average molecular weight is 451 g/mol. The van der Waals surface area contributed by atoms with Crippen molar-refractivity contribution in [2.45, 2.75) is 39.0 Å². The summed E-state index contributed by atoms with van der Waals surface area (Å²) in [5, 5.41) is 3.62. The van der Waals surface area contributed by atoms with E-state index in [0.29, 0.717) is 34.7 Å². The zero-order valence-corrected chi connectivity index (χ0v) is 18.8. The molecule has 0 unspecified atom stereocenters. The van der Waals surface area contributed by atoms with Crippen LogP contribution in [-0.2, 0) is 29.1 Å². The Labute approximate surface area is 187 Å². The number of thiophene rings is 1. The van der Waals surface area contributed by atoms with Crippen LogP contribution in [0.2, 0.25) is 0 Å². The number of ether oxygens (including phenoxy) is 2. The van der Waals surface area contributed by atoms with Gasteiger partial charge in [0.25, 0.3) is 5.56 Å². The van der Waals surface area contributed by atoms with Gasteiger partial charge in [-0.3, -0.25) is 14.2 Å². The molecule has 8 nitrogen and oxygen atoms in total. The first-order chi connectivity index (χ1) is 15.3. The van der Waals surface area contributed by atoms with Crippen LogP contribution in [0.1, 0.15) is 25.1 Å². The number of rotatable bonds is 4. The van der Waals surface area contributed by atoms with Crippen molar-refractivity contribution in [3.63, 3.8) is 0 Å². The number of para-hydroxylation sites is 2. The van der Waals surface area contributed by atoms with Crippen LogP contribution in [-0.4, -0.2) is 33.2 Å². The molecular weight excluding hydrogens is 428 g/mol. The molecule has 1 aromatic carbocycles. The molecule has 0 bridgehead atoms. The van der Waals surface area contributed by atoms with E-state index in [2.05, 4.69) is 10.3 Å². The molecule has 9 heteroatoms. The molecule has 0 radical (unpaired) electrons. The molecule has 0 aliphatic carbocycles. The summed E-state index contributed by atoms with van der Waals surface area (Å²) >= 11 is 1.31. The molecule has 0 saturated heterocycles. The maximum atomic E-state index is 13.1. The van der Waals surface area contributed by atoms with Gasteiger partial charge in [-0.1, -0.05) is 12.1 Å². The smallest absolute Gasteiger partial charge is 0.271 e. The highest BCUT2D eigenvalue weighted by Gasteiger charge is 2.28. The first-order valence-electron chi connectivity index (χ1n) is 10.2. The highest BCUT2D eigenvalue weighted by Crippen LogP contribution is 2.34. The number of hydrogen-bond donors (Lipinski definition) is 1. The van der Waals surface area contributed by atoms with Crippen LogP contribution in [0.5, 0.6) is 5.75 Å². The van der Waals surface area contributed by atoms with Crippen LogP contribution in [0.3, 0.4) is 0 Å². The van der Waals surface area contributed by atoms with Gasteiger partial charge in [-0.15, -0.1) is 11.3 Å². The predicted octanol–water partition coefficient (Wildman–Crippen LogP) is 3.50. The van der Waals surface area contributed by atoms with Crippen LogP contribution in [0, 0.1) is 0 Å². The third-order valence-electron chi connectivity index (χ3n) is 5.51. The van der Waals surface area contributed by atoms with Gasteiger partial charge in [0.15, 0.2) is 0 Å². The maximum Gasteiger partial charge on any atom is 0.271 e. The number of methoxy groups -OCH3 is 1. The predicted molar refractivity (Wildman–Crippen MR) is 123 cm³/mol. The molecule has 0 spiro atoms. The second-order valence-corrected chi connectivity index (χ2v) is 9.38. The highest BCUT2D eigenvalue weighted by atomic mass is 32.1. The van der Waals surface area contributed by atoms with Gasteiger partial charge in [-0.05, 0) is 32.0 Å². The summed E-state index contributed by atoms with van der Waals surface area (Å²) in [6.45, 7) is 4.43. The van der Waals surface area contributed by atoms with E-state index in [4.69, 9.17) is 14.5 Å². The number of fused-ring (bicyclic) bond motifs is 4. The Morgan fingerprint density at radius 3 is 2.97 bits per heavy atom. The zero-order chi connectivity index (χ0) is 22.5. The van der Waals surface area contributed by atoms with E-state index in [1.54, 1.807) is 18.2 Å². The summed E-state index contributed by atoms with van der Waals surface area (Å²) in [4.78, 5) is 35.8. The Balaban J connectivity index is 1.48. The Kier molecular flexibility index (Phi) is 4.94. The van der Waals surface area contributed by atoms with E-state index in [9.17, 15) is 9.59 Å². The largest absolute Gasteiger partial charge is 0.495 e. The van der Waals surface area contributed by atoms with Crippen molar-refractivity contribution >= 4 is 43.4 Å². The molecule has 0 atom stereocenters. The summed E-state index contributed by atoms with van der Waals surface area (Å²) in [6.07, 6.45) is 2.13. The van der Waals surface area contributed by atoms with E-state index in [1.165, 1.54) is 29.3 Å². The molecule has 1 amide bonds. The highest BCUT2D eigenvalue weighted by molar-refractivity contribution is 7.25. The lowest BCUT2D eigenvalue weighted by Gasteiger charge is -2.30. The normalized spacial score (nSPS) is 15.0. The lowest BCUT2D eigenvalue weighted by molar-refractivity contribution is -0.116. The fourth-order valence-electron chi connectivity index (χ4n) is 3.88. The number of nitrogens with one attached hydrogen (secondary N) is 1. The van der Waals surface area contributed by atoms with Crippen LogP contribution in [0.15, 0.2) is 41.5 Å². The summed E-state index contributed by atoms with van der Waals surface area (Å²) < 4.78 is 13.0. The number of nitrogens with zero attached hydrogens (tertiary/aromatic N) is 3. The number of benzene rings is 1. The summed E-state index contributed by atoms with van der Waals surface area (Å²) in [5.41, 5.74) is 2.66. The van der Waals surface area contributed by atoms with Crippen molar-refractivity contribution in [2.24, 2.45) is 0 Å². The van der Waals surface area contributed by atoms with E-state index in [1.807, 2.05) is 26.0 Å². The molecule has 5 rings (SSSR count). The van der Waals surface area contributed by atoms with E-state index < -0.39 is 0 Å². The minimum atomic E-state index is -0.341. The molecule has 0 saturated carbocycles. The SMILES string of the molecule is COc1ccccc1NC(=O)Cn1cnc2c(sc3nc4c(cc32)COC(C)(C)C4)c1=O. The molecule has 3 aromatic heterocycles. The lowest BCUT2D eigenvalue weighted by Crippen LogP contribution is -2.32. The van der Waals surface area contributed by atoms with Crippen LogP contribution in [0.4, 0.5) is 5.69 Å². The molecule has 164 valence electrons. The Bertz CT molecular complexity index is 1420. The Hall–Kier alpha value is -3.30. The number of aromatic nitrogens is 3. The Morgan fingerprint density at radius 1 is 1.34 bits per heavy atom. The third-order valence-corrected chi connectivity index (χ3v) is 6.59. The second kappa shape index (κ2) is 7.68. The van der Waals surface area contributed by atoms with Gasteiger partial charge < -0.3 is 14.8 Å². The fourth-order valence-corrected chi connectivity index (χ4v) is 4.96. The number of amides is 1. The molecule has 1 N–H and O–H groups in total. The number of hydrogen-bond acceptors (Lipinski definition) is 7. The quantitative estimate of drug-likeness (QED) is 0.511. The molecular formula is C23H22N4O4S. The zero-order valence-electron chi connectivity index (χ0n) is 18.0. The number of carbonyl (C=O) groups is 1. The van der Waals surface area contributed by atoms with Gasteiger partial charge in [0.05, 0.1) is 42.5 Å². The summed E-state index contributed by atoms with van der Waals surface area (Å²) in [5.74, 6) is 0.209. The maximum absolute atomic E-state index is 13.1. The molecule has 0 fully saturated rings. The molecule has 4 aromatic rings. The van der Waals surface area contributed by atoms with Gasteiger partial charge in [0.1, 0.15) is 21.8 Å². The first-order valence-corrected chi connectivity index (χ1v) is 11.0. The average Bonchev–Trinajstić information content (AvgIpc) is 3.12. The molecule has 1 aliphatic rings. The van der Waals surface area contributed by atoms with Crippen LogP contribution >= 0.6 is 11.3 Å². The topological polar surface area (TPSA) is 95.3 Å². The van der Waals surface area contributed by atoms with Crippen molar-refractivity contribution in [3.05, 3.63) is 58.3 Å². The number of anilines is 1. The van der Waals surface area contributed by atoms with Gasteiger partial charge in [0.2, 0.25) is 5.91 Å². The van der Waals surface area contributed by atoms with Gasteiger partial charge in [-0.25, -0.2) is 9.97 Å². The minimum absolute atomic E-state index is 0.153. The van der Waals surface area contributed by atoms with Crippen LogP contribution < -0.4 is 15.6 Å². The van der Waals surface area contributed by atoms with Gasteiger partial charge in [0, 0.05) is 17.4 Å². The molecule has 32 heavy (non-hydrogen) atoms. The minimum Gasteiger partial charge on any atom is -0.495 e. The summed E-state index contributed by atoms with van der Waals surface area (Å²) in [6, 6.07) is 9.14. The summed E-state index contributed by atoms with van der Waals surface area (Å²) in [7, 11) is 1.54. The van der Waals surface area contributed by atoms with Crippen molar-refractivity contribution in [1.82, 2.24) is 14.5 Å². The van der Waals surface area contributed by atoms with E-state index in [0.717, 1.165) is 21.5 Å². The van der Waals surface area contributed by atoms with Gasteiger partial charge in [-0.2, -0.15) is 0 Å².